The van der Waals surface area contributed by atoms with Crippen molar-refractivity contribution in [3.05, 3.63) is 93.5 Å². The van der Waals surface area contributed by atoms with E-state index in [0.717, 1.165) is 21.0 Å². The Morgan fingerprint density at radius 3 is 2.10 bits per heavy atom. The lowest BCUT2D eigenvalue weighted by Crippen LogP contribution is -2.51. The molecule has 0 aliphatic heterocycles. The van der Waals surface area contributed by atoms with Crippen molar-refractivity contribution in [2.45, 2.75) is 52.1 Å². The topological polar surface area (TPSA) is 86.8 Å². The third-order valence-electron chi connectivity index (χ3n) is 6.45. The van der Waals surface area contributed by atoms with Gasteiger partial charge in [0.15, 0.2) is 0 Å². The highest BCUT2D eigenvalue weighted by Gasteiger charge is 2.32. The molecule has 0 saturated heterocycles. The Bertz CT molecular complexity index is 1440. The van der Waals surface area contributed by atoms with Crippen LogP contribution in [0.5, 0.6) is 0 Å². The fourth-order valence-electron chi connectivity index (χ4n) is 3.92. The summed E-state index contributed by atoms with van der Waals surface area (Å²) in [6.45, 7) is 9.24. The second kappa shape index (κ2) is 13.5. The van der Waals surface area contributed by atoms with E-state index in [-0.39, 0.29) is 29.0 Å². The summed E-state index contributed by atoms with van der Waals surface area (Å²) in [6, 6.07) is 17.3. The van der Waals surface area contributed by atoms with Crippen molar-refractivity contribution < 1.29 is 18.0 Å². The molecule has 0 saturated carbocycles. The summed E-state index contributed by atoms with van der Waals surface area (Å²) in [4.78, 5) is 28.4. The number of anilines is 1. The fourth-order valence-corrected chi connectivity index (χ4v) is 5.63. The number of hydrogen-bond acceptors (Lipinski definition) is 4. The van der Waals surface area contributed by atoms with Gasteiger partial charge in [0.1, 0.15) is 12.6 Å². The van der Waals surface area contributed by atoms with Gasteiger partial charge in [0.05, 0.1) is 10.6 Å². The maximum Gasteiger partial charge on any atom is 0.264 e. The fraction of sp³-hybridized carbons (Fsp3) is 0.333. The second-order valence-corrected chi connectivity index (χ2v) is 12.9. The molecule has 0 aromatic heterocycles. The maximum absolute atomic E-state index is 13.9. The molecule has 2 amide bonds. The number of carbonyl (C=O) groups excluding carboxylic acids is 2. The number of nitrogens with zero attached hydrogens (tertiary/aromatic N) is 2. The standard InChI is InChI=1S/C30H35Cl2N3O4S/c1-20(2)17-33-30(37)23(5)34(18-24-9-11-25(31)12-10-24)29(36)19-35(26-13-8-22(4)28(32)16-26)40(38,39)27-14-6-21(3)7-15-27/h6-16,20,23H,17-19H2,1-5H3,(H,33,37)/t23-/m1/s1. The number of benzene rings is 3. The van der Waals surface area contributed by atoms with Crippen LogP contribution in [-0.2, 0) is 26.2 Å². The van der Waals surface area contributed by atoms with Crippen LogP contribution in [0.2, 0.25) is 10.0 Å². The minimum atomic E-state index is -4.17. The summed E-state index contributed by atoms with van der Waals surface area (Å²) < 4.78 is 28.8. The number of nitrogens with one attached hydrogen (secondary N) is 1. The highest BCUT2D eigenvalue weighted by atomic mass is 35.5. The zero-order valence-electron chi connectivity index (χ0n) is 23.3. The van der Waals surface area contributed by atoms with Crippen LogP contribution in [0.4, 0.5) is 5.69 Å². The van der Waals surface area contributed by atoms with E-state index >= 15 is 0 Å². The van der Waals surface area contributed by atoms with Crippen LogP contribution in [0.1, 0.15) is 37.5 Å². The van der Waals surface area contributed by atoms with Crippen molar-refractivity contribution in [2.24, 2.45) is 5.92 Å². The number of amides is 2. The lowest BCUT2D eigenvalue weighted by molar-refractivity contribution is -0.139. The molecular weight excluding hydrogens is 569 g/mol. The number of hydrogen-bond donors (Lipinski definition) is 1. The monoisotopic (exact) mass is 603 g/mol. The molecule has 1 atom stereocenters. The number of aryl methyl sites for hydroxylation is 2. The van der Waals surface area contributed by atoms with Crippen LogP contribution < -0.4 is 9.62 Å². The minimum Gasteiger partial charge on any atom is -0.354 e. The maximum atomic E-state index is 13.9. The van der Waals surface area contributed by atoms with Gasteiger partial charge in [0.2, 0.25) is 11.8 Å². The van der Waals surface area contributed by atoms with Gasteiger partial charge in [-0.1, -0.05) is 72.9 Å². The zero-order chi connectivity index (χ0) is 29.6. The summed E-state index contributed by atoms with van der Waals surface area (Å²) in [7, 11) is -4.17. The van der Waals surface area contributed by atoms with Gasteiger partial charge in [-0.2, -0.15) is 0 Å². The Labute approximate surface area is 247 Å². The molecule has 0 heterocycles. The molecule has 10 heteroatoms. The van der Waals surface area contributed by atoms with Gasteiger partial charge in [0, 0.05) is 23.1 Å². The molecule has 214 valence electrons. The molecule has 1 N–H and O–H groups in total. The number of rotatable bonds is 11. The molecule has 3 aromatic carbocycles. The largest absolute Gasteiger partial charge is 0.354 e. The Hall–Kier alpha value is -3.07. The van der Waals surface area contributed by atoms with Crippen molar-refractivity contribution in [3.8, 4) is 0 Å². The number of carbonyl (C=O) groups is 2. The third-order valence-corrected chi connectivity index (χ3v) is 8.90. The van der Waals surface area contributed by atoms with Crippen LogP contribution in [0.25, 0.3) is 0 Å². The van der Waals surface area contributed by atoms with Gasteiger partial charge in [-0.25, -0.2) is 8.42 Å². The zero-order valence-corrected chi connectivity index (χ0v) is 25.6. The summed E-state index contributed by atoms with van der Waals surface area (Å²) >= 11 is 12.4. The van der Waals surface area contributed by atoms with Crippen molar-refractivity contribution in [3.63, 3.8) is 0 Å². The number of halogens is 2. The Kier molecular flexibility index (Phi) is 10.6. The average Bonchev–Trinajstić information content (AvgIpc) is 2.91. The smallest absolute Gasteiger partial charge is 0.264 e. The predicted octanol–water partition coefficient (Wildman–Crippen LogP) is 6.00. The molecule has 0 radical (unpaired) electrons. The normalized spacial score (nSPS) is 12.2. The van der Waals surface area contributed by atoms with Crippen LogP contribution in [-0.4, -0.2) is 44.3 Å². The van der Waals surface area contributed by atoms with Gasteiger partial charge in [-0.15, -0.1) is 0 Å². The van der Waals surface area contributed by atoms with Crippen molar-refractivity contribution in [1.82, 2.24) is 10.2 Å². The van der Waals surface area contributed by atoms with Gasteiger partial charge < -0.3 is 10.2 Å². The van der Waals surface area contributed by atoms with Crippen LogP contribution in [0.3, 0.4) is 0 Å². The van der Waals surface area contributed by atoms with E-state index in [1.807, 2.05) is 20.8 Å². The minimum absolute atomic E-state index is 0.0366. The SMILES string of the molecule is Cc1ccc(S(=O)(=O)N(CC(=O)N(Cc2ccc(Cl)cc2)[C@H](C)C(=O)NCC(C)C)c2ccc(C)c(Cl)c2)cc1. The van der Waals surface area contributed by atoms with Gasteiger partial charge in [0.25, 0.3) is 10.0 Å². The van der Waals surface area contributed by atoms with Gasteiger partial charge in [-0.3, -0.25) is 13.9 Å². The molecule has 0 aliphatic rings. The third kappa shape index (κ3) is 7.99. The molecule has 3 rings (SSSR count). The van der Waals surface area contributed by atoms with Crippen molar-refractivity contribution in [2.75, 3.05) is 17.4 Å². The highest BCUT2D eigenvalue weighted by Crippen LogP contribution is 2.29. The van der Waals surface area contributed by atoms with E-state index in [2.05, 4.69) is 5.32 Å². The van der Waals surface area contributed by atoms with E-state index in [0.29, 0.717) is 16.6 Å². The van der Waals surface area contributed by atoms with E-state index < -0.39 is 28.5 Å². The molecular formula is C30H35Cl2N3O4S. The predicted molar refractivity (Wildman–Crippen MR) is 161 cm³/mol. The van der Waals surface area contributed by atoms with Crippen LogP contribution in [0.15, 0.2) is 71.6 Å². The molecule has 3 aromatic rings. The lowest BCUT2D eigenvalue weighted by atomic mass is 10.1. The lowest BCUT2D eigenvalue weighted by Gasteiger charge is -2.32. The van der Waals surface area contributed by atoms with E-state index in [1.54, 1.807) is 62.4 Å². The van der Waals surface area contributed by atoms with Crippen molar-refractivity contribution >= 4 is 50.7 Å². The summed E-state index contributed by atoms with van der Waals surface area (Å²) in [5, 5.41) is 3.78. The summed E-state index contributed by atoms with van der Waals surface area (Å²) in [5.74, 6) is -0.658. The first-order valence-corrected chi connectivity index (χ1v) is 15.2. The first kappa shape index (κ1) is 31.5. The van der Waals surface area contributed by atoms with Gasteiger partial charge >= 0.3 is 0 Å². The van der Waals surface area contributed by atoms with E-state index in [4.69, 9.17) is 23.2 Å². The Morgan fingerprint density at radius 1 is 0.900 bits per heavy atom. The molecule has 0 spiro atoms. The molecule has 7 nitrogen and oxygen atoms in total. The van der Waals surface area contributed by atoms with E-state index in [9.17, 15) is 18.0 Å². The van der Waals surface area contributed by atoms with Crippen molar-refractivity contribution in [1.29, 1.82) is 0 Å². The number of sulfonamides is 1. The quantitative estimate of drug-likeness (QED) is 0.291. The molecule has 0 aliphatic carbocycles. The highest BCUT2D eigenvalue weighted by molar-refractivity contribution is 7.92. The van der Waals surface area contributed by atoms with E-state index in [1.165, 1.54) is 23.1 Å². The summed E-state index contributed by atoms with van der Waals surface area (Å²) in [6.07, 6.45) is 0. The Morgan fingerprint density at radius 2 is 1.52 bits per heavy atom. The van der Waals surface area contributed by atoms with Gasteiger partial charge in [-0.05, 0) is 74.2 Å². The molecule has 0 unspecified atom stereocenters. The molecule has 40 heavy (non-hydrogen) atoms. The van der Waals surface area contributed by atoms with Crippen LogP contribution >= 0.6 is 23.2 Å². The first-order valence-electron chi connectivity index (χ1n) is 13.0. The first-order chi connectivity index (χ1) is 18.8. The average molecular weight is 605 g/mol. The van der Waals surface area contributed by atoms with Crippen LogP contribution in [0, 0.1) is 19.8 Å². The molecule has 0 fully saturated rings. The Balaban J connectivity index is 2.03. The molecule has 0 bridgehead atoms. The summed E-state index contributed by atoms with van der Waals surface area (Å²) in [5.41, 5.74) is 2.65. The second-order valence-electron chi connectivity index (χ2n) is 10.2.